The summed E-state index contributed by atoms with van der Waals surface area (Å²) >= 11 is 0. The molecular formula is C21H20N2O2. The van der Waals surface area contributed by atoms with Crippen molar-refractivity contribution >= 4 is 11.6 Å². The van der Waals surface area contributed by atoms with Crippen LogP contribution in [0.25, 0.3) is 11.3 Å². The summed E-state index contributed by atoms with van der Waals surface area (Å²) in [6.45, 7) is 2.36. The minimum Gasteiger partial charge on any atom is -0.380 e. The number of ether oxygens (including phenoxy) is 1. The monoisotopic (exact) mass is 332 g/mol. The third kappa shape index (κ3) is 4.11. The van der Waals surface area contributed by atoms with Gasteiger partial charge in [-0.15, -0.1) is 0 Å². The first-order valence-corrected chi connectivity index (χ1v) is 8.09. The summed E-state index contributed by atoms with van der Waals surface area (Å²) in [5.74, 6) is -0.167. The molecule has 1 amide bonds. The molecule has 126 valence electrons. The molecule has 1 aromatic heterocycles. The minimum absolute atomic E-state index is 0.167. The maximum Gasteiger partial charge on any atom is 0.257 e. The highest BCUT2D eigenvalue weighted by Crippen LogP contribution is 2.20. The molecule has 0 aliphatic carbocycles. The molecular weight excluding hydrogens is 312 g/mol. The zero-order valence-electron chi connectivity index (χ0n) is 14.3. The van der Waals surface area contributed by atoms with E-state index in [0.29, 0.717) is 17.9 Å². The number of aryl methyl sites for hydroxylation is 1. The molecule has 0 aliphatic heterocycles. The molecule has 0 unspecified atom stereocenters. The number of rotatable bonds is 5. The first-order chi connectivity index (χ1) is 12.2. The van der Waals surface area contributed by atoms with E-state index in [4.69, 9.17) is 4.74 Å². The summed E-state index contributed by atoms with van der Waals surface area (Å²) in [6, 6.07) is 21.2. The van der Waals surface area contributed by atoms with Crippen LogP contribution in [0.4, 0.5) is 5.69 Å². The molecule has 0 spiro atoms. The minimum atomic E-state index is -0.167. The van der Waals surface area contributed by atoms with Crippen LogP contribution in [0.5, 0.6) is 0 Å². The van der Waals surface area contributed by atoms with Crippen LogP contribution >= 0.6 is 0 Å². The lowest BCUT2D eigenvalue weighted by Crippen LogP contribution is -2.14. The number of nitrogens with one attached hydrogen (secondary N) is 1. The fraction of sp³-hybridized carbons (Fsp3) is 0.143. The standard InChI is InChI=1S/C21H20N2O2/c1-15-19(11-12-20(22-15)17-8-4-3-5-9-17)21(24)23-18-10-6-7-16(13-18)14-25-2/h3-13H,14H2,1-2H3,(H,23,24). The van der Waals surface area contributed by atoms with Crippen LogP contribution in [-0.2, 0) is 11.3 Å². The molecule has 0 radical (unpaired) electrons. The number of benzene rings is 2. The lowest BCUT2D eigenvalue weighted by molar-refractivity contribution is 0.102. The second-order valence-corrected chi connectivity index (χ2v) is 5.78. The van der Waals surface area contributed by atoms with Crippen molar-refractivity contribution in [2.45, 2.75) is 13.5 Å². The van der Waals surface area contributed by atoms with Gasteiger partial charge < -0.3 is 10.1 Å². The van der Waals surface area contributed by atoms with Gasteiger partial charge in [-0.2, -0.15) is 0 Å². The van der Waals surface area contributed by atoms with Gasteiger partial charge in [-0.1, -0.05) is 42.5 Å². The lowest BCUT2D eigenvalue weighted by atomic mass is 10.1. The van der Waals surface area contributed by atoms with Gasteiger partial charge in [0.05, 0.1) is 23.6 Å². The predicted molar refractivity (Wildman–Crippen MR) is 99.5 cm³/mol. The summed E-state index contributed by atoms with van der Waals surface area (Å²) in [6.07, 6.45) is 0. The van der Waals surface area contributed by atoms with E-state index >= 15 is 0 Å². The SMILES string of the molecule is COCc1cccc(NC(=O)c2ccc(-c3ccccc3)nc2C)c1. The number of methoxy groups -OCH3 is 1. The van der Waals surface area contributed by atoms with Crippen LogP contribution in [0.15, 0.2) is 66.7 Å². The fourth-order valence-corrected chi connectivity index (χ4v) is 2.67. The summed E-state index contributed by atoms with van der Waals surface area (Å²) in [4.78, 5) is 17.1. The molecule has 4 heteroatoms. The molecule has 0 atom stereocenters. The summed E-state index contributed by atoms with van der Waals surface area (Å²) < 4.78 is 5.12. The summed E-state index contributed by atoms with van der Waals surface area (Å²) in [5, 5.41) is 2.92. The first kappa shape index (κ1) is 16.9. The number of carbonyl (C=O) groups excluding carboxylic acids is 1. The third-order valence-electron chi connectivity index (χ3n) is 3.90. The van der Waals surface area contributed by atoms with E-state index in [1.54, 1.807) is 7.11 Å². The van der Waals surface area contributed by atoms with Crippen molar-refractivity contribution in [3.05, 3.63) is 83.6 Å². The predicted octanol–water partition coefficient (Wildman–Crippen LogP) is 4.46. The molecule has 3 aromatic rings. The van der Waals surface area contributed by atoms with Gasteiger partial charge in [0.1, 0.15) is 0 Å². The largest absolute Gasteiger partial charge is 0.380 e. The van der Waals surface area contributed by atoms with Crippen LogP contribution in [0, 0.1) is 6.92 Å². The molecule has 0 saturated carbocycles. The second kappa shape index (κ2) is 7.73. The normalized spacial score (nSPS) is 10.5. The van der Waals surface area contributed by atoms with Gasteiger partial charge in [-0.3, -0.25) is 9.78 Å². The highest BCUT2D eigenvalue weighted by Gasteiger charge is 2.12. The number of nitrogens with zero attached hydrogens (tertiary/aromatic N) is 1. The molecule has 4 nitrogen and oxygen atoms in total. The third-order valence-corrected chi connectivity index (χ3v) is 3.90. The highest BCUT2D eigenvalue weighted by atomic mass is 16.5. The molecule has 1 heterocycles. The maximum absolute atomic E-state index is 12.6. The average molecular weight is 332 g/mol. The van der Waals surface area contributed by atoms with Gasteiger partial charge in [0.15, 0.2) is 0 Å². The summed E-state index contributed by atoms with van der Waals surface area (Å²) in [5.41, 5.74) is 4.91. The molecule has 0 fully saturated rings. The molecule has 0 bridgehead atoms. The Morgan fingerprint density at radius 1 is 1.04 bits per heavy atom. The van der Waals surface area contributed by atoms with Gasteiger partial charge in [0.25, 0.3) is 5.91 Å². The topological polar surface area (TPSA) is 51.2 Å². The Bertz CT molecular complexity index is 876. The molecule has 25 heavy (non-hydrogen) atoms. The zero-order valence-corrected chi connectivity index (χ0v) is 14.3. The van der Waals surface area contributed by atoms with Crippen molar-refractivity contribution in [3.63, 3.8) is 0 Å². The van der Waals surface area contributed by atoms with Gasteiger partial charge >= 0.3 is 0 Å². The van der Waals surface area contributed by atoms with Crippen LogP contribution in [-0.4, -0.2) is 18.0 Å². The van der Waals surface area contributed by atoms with E-state index in [0.717, 1.165) is 22.5 Å². The van der Waals surface area contributed by atoms with Crippen molar-refractivity contribution in [3.8, 4) is 11.3 Å². The van der Waals surface area contributed by atoms with Gasteiger partial charge in [-0.25, -0.2) is 0 Å². The van der Waals surface area contributed by atoms with Crippen molar-refractivity contribution < 1.29 is 9.53 Å². The lowest BCUT2D eigenvalue weighted by Gasteiger charge is -2.10. The number of hydrogen-bond acceptors (Lipinski definition) is 3. The number of carbonyl (C=O) groups is 1. The number of amides is 1. The van der Waals surface area contributed by atoms with Crippen molar-refractivity contribution in [1.82, 2.24) is 4.98 Å². The number of aromatic nitrogens is 1. The quantitative estimate of drug-likeness (QED) is 0.751. The van der Waals surface area contributed by atoms with E-state index in [2.05, 4.69) is 10.3 Å². The Morgan fingerprint density at radius 3 is 2.56 bits per heavy atom. The Morgan fingerprint density at radius 2 is 1.84 bits per heavy atom. The number of hydrogen-bond donors (Lipinski definition) is 1. The van der Waals surface area contributed by atoms with Crippen molar-refractivity contribution in [2.75, 3.05) is 12.4 Å². The van der Waals surface area contributed by atoms with E-state index in [1.807, 2.05) is 73.7 Å². The fourth-order valence-electron chi connectivity index (χ4n) is 2.67. The molecule has 1 N–H and O–H groups in total. The van der Waals surface area contributed by atoms with Gasteiger partial charge in [-0.05, 0) is 36.8 Å². The van der Waals surface area contributed by atoms with E-state index < -0.39 is 0 Å². The summed E-state index contributed by atoms with van der Waals surface area (Å²) in [7, 11) is 1.65. The first-order valence-electron chi connectivity index (χ1n) is 8.09. The van der Waals surface area contributed by atoms with E-state index in [9.17, 15) is 4.79 Å². The van der Waals surface area contributed by atoms with E-state index in [1.165, 1.54) is 0 Å². The maximum atomic E-state index is 12.6. The Balaban J connectivity index is 1.80. The van der Waals surface area contributed by atoms with Gasteiger partial charge in [0.2, 0.25) is 0 Å². The Hall–Kier alpha value is -2.98. The van der Waals surface area contributed by atoms with Crippen LogP contribution in [0.1, 0.15) is 21.6 Å². The molecule has 0 aliphatic rings. The van der Waals surface area contributed by atoms with Crippen molar-refractivity contribution in [1.29, 1.82) is 0 Å². The second-order valence-electron chi connectivity index (χ2n) is 5.78. The smallest absolute Gasteiger partial charge is 0.257 e. The number of anilines is 1. The van der Waals surface area contributed by atoms with Crippen LogP contribution in [0.2, 0.25) is 0 Å². The molecule has 2 aromatic carbocycles. The highest BCUT2D eigenvalue weighted by molar-refractivity contribution is 6.05. The molecule has 3 rings (SSSR count). The van der Waals surface area contributed by atoms with Crippen LogP contribution < -0.4 is 5.32 Å². The Labute approximate surface area is 147 Å². The zero-order chi connectivity index (χ0) is 17.6. The van der Waals surface area contributed by atoms with Crippen LogP contribution in [0.3, 0.4) is 0 Å². The molecule has 0 saturated heterocycles. The van der Waals surface area contributed by atoms with Crippen molar-refractivity contribution in [2.24, 2.45) is 0 Å². The van der Waals surface area contributed by atoms with E-state index in [-0.39, 0.29) is 5.91 Å². The number of pyridine rings is 1. The average Bonchev–Trinajstić information content (AvgIpc) is 2.63. The Kier molecular flexibility index (Phi) is 5.21. The van der Waals surface area contributed by atoms with Gasteiger partial charge in [0, 0.05) is 18.4 Å².